The molecular weight excluding hydrogens is 353 g/mol. The first-order valence-corrected chi connectivity index (χ1v) is 10.7. The van der Waals surface area contributed by atoms with Crippen LogP contribution in [0.2, 0.25) is 0 Å². The van der Waals surface area contributed by atoms with E-state index in [4.69, 9.17) is 0 Å². The zero-order valence-electron chi connectivity index (χ0n) is 15.4. The summed E-state index contributed by atoms with van der Waals surface area (Å²) >= 11 is 0. The molecule has 3 aromatic carbocycles. The zero-order chi connectivity index (χ0) is 19.1. The molecule has 27 heavy (non-hydrogen) atoms. The highest BCUT2D eigenvalue weighted by Crippen LogP contribution is 2.64. The van der Waals surface area contributed by atoms with Gasteiger partial charge >= 0.3 is 0 Å². The van der Waals surface area contributed by atoms with Crippen molar-refractivity contribution >= 4 is 23.8 Å². The summed E-state index contributed by atoms with van der Waals surface area (Å²) in [5.41, 5.74) is 0.412. The molecule has 4 rings (SSSR count). The Hall–Kier alpha value is -2.64. The Morgan fingerprint density at radius 2 is 1.15 bits per heavy atom. The van der Waals surface area contributed by atoms with E-state index in [0.29, 0.717) is 10.6 Å². The van der Waals surface area contributed by atoms with Gasteiger partial charge in [-0.25, -0.2) is 0 Å². The van der Waals surface area contributed by atoms with Crippen molar-refractivity contribution < 1.29 is 9.36 Å². The quantitative estimate of drug-likeness (QED) is 0.496. The predicted molar refractivity (Wildman–Crippen MR) is 110 cm³/mol. The van der Waals surface area contributed by atoms with E-state index in [9.17, 15) is 9.36 Å². The predicted octanol–water partition coefficient (Wildman–Crippen LogP) is 4.53. The van der Waals surface area contributed by atoms with E-state index < -0.39 is 12.7 Å². The molecule has 3 aromatic rings. The van der Waals surface area contributed by atoms with Crippen molar-refractivity contribution in [1.82, 2.24) is 4.67 Å². The third-order valence-corrected chi connectivity index (χ3v) is 8.33. The molecule has 1 amide bonds. The summed E-state index contributed by atoms with van der Waals surface area (Å²) in [4.78, 5) is 13.2. The largest absolute Gasteiger partial charge is 0.290 e. The first kappa shape index (κ1) is 17.8. The van der Waals surface area contributed by atoms with E-state index in [1.165, 1.54) is 0 Å². The van der Waals surface area contributed by atoms with E-state index in [2.05, 4.69) is 0 Å². The molecule has 136 valence electrons. The van der Waals surface area contributed by atoms with E-state index >= 15 is 0 Å². The van der Waals surface area contributed by atoms with Gasteiger partial charge in [0.15, 0.2) is 0 Å². The van der Waals surface area contributed by atoms with Crippen molar-refractivity contribution in [2.45, 2.75) is 19.9 Å². The van der Waals surface area contributed by atoms with Crippen LogP contribution in [0, 0.1) is 5.41 Å². The number of hydrogen-bond acceptors (Lipinski definition) is 2. The van der Waals surface area contributed by atoms with Crippen LogP contribution in [0.5, 0.6) is 0 Å². The molecule has 0 aromatic heterocycles. The Morgan fingerprint density at radius 3 is 1.59 bits per heavy atom. The lowest BCUT2D eigenvalue weighted by molar-refractivity contribution is -0.157. The molecule has 1 saturated heterocycles. The van der Waals surface area contributed by atoms with Crippen LogP contribution in [-0.2, 0) is 9.36 Å². The van der Waals surface area contributed by atoms with E-state index in [1.54, 1.807) is 4.67 Å². The molecule has 0 spiro atoms. The van der Waals surface area contributed by atoms with Gasteiger partial charge in [-0.1, -0.05) is 66.7 Å². The van der Waals surface area contributed by atoms with E-state index in [0.717, 1.165) is 5.56 Å². The molecule has 1 fully saturated rings. The summed E-state index contributed by atoms with van der Waals surface area (Å²) in [6, 6.07) is 28.4. The summed E-state index contributed by atoms with van der Waals surface area (Å²) in [6.45, 7) is 3.87. The number of β-lactam (4-membered cyclic amide) rings is 1. The smallest absolute Gasteiger partial charge is 0.237 e. The molecule has 0 bridgehead atoms. The second kappa shape index (κ2) is 6.51. The molecule has 4 heteroatoms. The minimum Gasteiger partial charge on any atom is -0.290 e. The number of benzene rings is 3. The molecule has 3 nitrogen and oxygen atoms in total. The average molecular weight is 375 g/mol. The molecule has 1 aliphatic rings. The van der Waals surface area contributed by atoms with Gasteiger partial charge < -0.3 is 0 Å². The van der Waals surface area contributed by atoms with Gasteiger partial charge in [0, 0.05) is 10.6 Å². The molecule has 1 aliphatic heterocycles. The highest BCUT2D eigenvalue weighted by molar-refractivity contribution is 7.77. The van der Waals surface area contributed by atoms with Gasteiger partial charge in [-0.15, -0.1) is 0 Å². The first-order chi connectivity index (χ1) is 13.0. The normalized spacial score (nSPS) is 18.8. The first-order valence-electron chi connectivity index (χ1n) is 9.08. The Kier molecular flexibility index (Phi) is 4.28. The molecular formula is C23H22NO2P. The fourth-order valence-corrected chi connectivity index (χ4v) is 7.12. The monoisotopic (exact) mass is 375 g/mol. The summed E-state index contributed by atoms with van der Waals surface area (Å²) in [5, 5.41) is 1.36. The van der Waals surface area contributed by atoms with Crippen LogP contribution in [0.3, 0.4) is 0 Å². The highest BCUT2D eigenvalue weighted by Gasteiger charge is 2.61. The van der Waals surface area contributed by atoms with Crippen LogP contribution in [-0.4, -0.2) is 10.6 Å². The van der Waals surface area contributed by atoms with E-state index in [-0.39, 0.29) is 11.9 Å². The zero-order valence-corrected chi connectivity index (χ0v) is 16.3. The van der Waals surface area contributed by atoms with Crippen molar-refractivity contribution in [3.63, 3.8) is 0 Å². The van der Waals surface area contributed by atoms with Gasteiger partial charge in [0.05, 0.1) is 11.5 Å². The van der Waals surface area contributed by atoms with Crippen LogP contribution < -0.4 is 10.6 Å². The van der Waals surface area contributed by atoms with Crippen LogP contribution in [0.4, 0.5) is 0 Å². The van der Waals surface area contributed by atoms with Crippen LogP contribution in [0.25, 0.3) is 0 Å². The summed E-state index contributed by atoms with van der Waals surface area (Å²) in [5.74, 6) is -0.0765. The number of amides is 1. The van der Waals surface area contributed by atoms with Gasteiger partial charge in [0.25, 0.3) is 0 Å². The van der Waals surface area contributed by atoms with Crippen molar-refractivity contribution in [2.75, 3.05) is 0 Å². The standard InChI is InChI=1S/C23H22NO2P/c1-23(2)21(18-12-6-3-7-13-18)24(22(23)25)27(26,19-14-8-4-9-15-19)20-16-10-5-11-17-20/h3-17,21H,1-2H3. The van der Waals surface area contributed by atoms with Gasteiger partial charge in [-0.05, 0) is 43.7 Å². The average Bonchev–Trinajstić information content (AvgIpc) is 2.72. The summed E-state index contributed by atoms with van der Waals surface area (Å²) in [7, 11) is -3.30. The third-order valence-electron chi connectivity index (χ3n) is 5.32. The minimum absolute atomic E-state index is 0.0765. The maximum Gasteiger partial charge on any atom is 0.237 e. The Morgan fingerprint density at radius 1 is 0.741 bits per heavy atom. The molecule has 1 atom stereocenters. The van der Waals surface area contributed by atoms with Crippen LogP contribution in [0.1, 0.15) is 25.5 Å². The molecule has 0 aliphatic carbocycles. The Bertz CT molecular complexity index is 957. The van der Waals surface area contributed by atoms with Gasteiger partial charge in [-0.3, -0.25) is 14.0 Å². The van der Waals surface area contributed by atoms with Crippen molar-refractivity contribution in [1.29, 1.82) is 0 Å². The SMILES string of the molecule is CC1(C)C(=O)N(P(=O)(c2ccccc2)c2ccccc2)C1c1ccccc1. The Labute approximate surface area is 160 Å². The second-order valence-electron chi connectivity index (χ2n) is 7.43. The Balaban J connectivity index is 1.93. The maximum atomic E-state index is 14.6. The minimum atomic E-state index is -3.30. The molecule has 0 saturated carbocycles. The number of rotatable bonds is 4. The second-order valence-corrected chi connectivity index (χ2v) is 10.0. The van der Waals surface area contributed by atoms with Crippen molar-refractivity contribution in [3.8, 4) is 0 Å². The molecule has 0 N–H and O–H groups in total. The fourth-order valence-electron chi connectivity index (χ4n) is 3.91. The number of hydrogen-bond donors (Lipinski definition) is 0. The summed E-state index contributed by atoms with van der Waals surface area (Å²) in [6.07, 6.45) is 0. The van der Waals surface area contributed by atoms with Crippen LogP contribution in [0.15, 0.2) is 91.0 Å². The van der Waals surface area contributed by atoms with Gasteiger partial charge in [-0.2, -0.15) is 0 Å². The molecule has 1 heterocycles. The van der Waals surface area contributed by atoms with Crippen molar-refractivity contribution in [3.05, 3.63) is 96.6 Å². The number of carbonyl (C=O) groups is 1. The lowest BCUT2D eigenvalue weighted by Crippen LogP contribution is -2.60. The molecule has 0 radical (unpaired) electrons. The topological polar surface area (TPSA) is 37.4 Å². The fraction of sp³-hybridized carbons (Fsp3) is 0.174. The lowest BCUT2D eigenvalue weighted by Gasteiger charge is -2.55. The van der Waals surface area contributed by atoms with E-state index in [1.807, 2.05) is 105 Å². The highest BCUT2D eigenvalue weighted by atomic mass is 31.2. The van der Waals surface area contributed by atoms with Gasteiger partial charge in [0.1, 0.15) is 0 Å². The number of nitrogens with zero attached hydrogens (tertiary/aromatic N) is 1. The van der Waals surface area contributed by atoms with Gasteiger partial charge in [0.2, 0.25) is 13.2 Å². The maximum absolute atomic E-state index is 14.6. The number of carbonyl (C=O) groups excluding carboxylic acids is 1. The van der Waals surface area contributed by atoms with Crippen molar-refractivity contribution in [2.24, 2.45) is 5.41 Å². The summed E-state index contributed by atoms with van der Waals surface area (Å²) < 4.78 is 16.2. The third kappa shape index (κ3) is 2.65. The lowest BCUT2D eigenvalue weighted by atomic mass is 9.73. The molecule has 1 unspecified atom stereocenters. The van der Waals surface area contributed by atoms with Crippen LogP contribution >= 0.6 is 7.29 Å².